The van der Waals surface area contributed by atoms with Gasteiger partial charge in [0.2, 0.25) is 0 Å². The molecule has 0 N–H and O–H groups in total. The van der Waals surface area contributed by atoms with E-state index in [2.05, 4.69) is 9.98 Å². The fraction of sp³-hybridized carbons (Fsp3) is 0. The molecule has 0 saturated heterocycles. The van der Waals surface area contributed by atoms with Gasteiger partial charge in [0.15, 0.2) is 0 Å². The van der Waals surface area contributed by atoms with Crippen LogP contribution in [0.15, 0.2) is 9.98 Å². The van der Waals surface area contributed by atoms with E-state index in [0.717, 1.165) is 4.15 Å². The molecule has 3 heteroatoms. The van der Waals surface area contributed by atoms with Crippen LogP contribution in [-0.2, 0) is 19.4 Å². The first-order chi connectivity index (χ1) is 2.89. The SMILES string of the molecule is [Pt]=[C]1N=CC=N1. The Morgan fingerprint density at radius 1 is 1.33 bits per heavy atom. The van der Waals surface area contributed by atoms with E-state index >= 15 is 0 Å². The summed E-state index contributed by atoms with van der Waals surface area (Å²) < 4.78 is 0.815. The van der Waals surface area contributed by atoms with Gasteiger partial charge in [-0.15, -0.1) is 0 Å². The van der Waals surface area contributed by atoms with Crippen molar-refractivity contribution >= 4 is 16.6 Å². The molecule has 0 saturated carbocycles. The van der Waals surface area contributed by atoms with Gasteiger partial charge in [-0.2, -0.15) is 0 Å². The zero-order chi connectivity index (χ0) is 4.41. The zero-order valence-electron chi connectivity index (χ0n) is 2.87. The molecule has 1 rings (SSSR count). The fourth-order valence-electron chi connectivity index (χ4n) is 0.214. The molecule has 1 heterocycles. The zero-order valence-corrected chi connectivity index (χ0v) is 5.14. The number of hydrogen-bond donors (Lipinski definition) is 0. The summed E-state index contributed by atoms with van der Waals surface area (Å²) in [5.74, 6) is 0. The molecule has 0 aromatic carbocycles. The number of rotatable bonds is 0. The van der Waals surface area contributed by atoms with Crippen molar-refractivity contribution in [1.29, 1.82) is 0 Å². The third-order valence-corrected chi connectivity index (χ3v) is 1.000. The van der Waals surface area contributed by atoms with Crippen LogP contribution < -0.4 is 0 Å². The molecule has 0 aromatic heterocycles. The van der Waals surface area contributed by atoms with E-state index in [4.69, 9.17) is 0 Å². The fourth-order valence-corrected chi connectivity index (χ4v) is 0.553. The maximum absolute atomic E-state index is 3.79. The van der Waals surface area contributed by atoms with E-state index in [0.29, 0.717) is 0 Å². The minimum atomic E-state index is 0.815. The van der Waals surface area contributed by atoms with Crippen molar-refractivity contribution in [2.75, 3.05) is 0 Å². The van der Waals surface area contributed by atoms with Crippen LogP contribution in [0.4, 0.5) is 0 Å². The molecule has 0 atom stereocenters. The van der Waals surface area contributed by atoms with Crippen LogP contribution in [-0.4, -0.2) is 16.6 Å². The van der Waals surface area contributed by atoms with Gasteiger partial charge in [-0.25, -0.2) is 0 Å². The summed E-state index contributed by atoms with van der Waals surface area (Å²) in [6.07, 6.45) is 3.34. The summed E-state index contributed by atoms with van der Waals surface area (Å²) in [5.41, 5.74) is 0. The summed E-state index contributed by atoms with van der Waals surface area (Å²) in [5, 5.41) is 0. The molecule has 0 fully saturated rings. The second-order valence-electron chi connectivity index (χ2n) is 0.798. The molecule has 1 aliphatic heterocycles. The number of aliphatic imine (C=N–C) groups is 2. The molecule has 0 aliphatic carbocycles. The number of hydrogen-bond acceptors (Lipinski definition) is 2. The van der Waals surface area contributed by atoms with E-state index in [1.807, 2.05) is 19.4 Å². The Kier molecular flexibility index (Phi) is 1.06. The Labute approximate surface area is 46.4 Å². The Morgan fingerprint density at radius 2 is 1.83 bits per heavy atom. The Morgan fingerprint density at radius 3 is 2.00 bits per heavy atom. The van der Waals surface area contributed by atoms with Gasteiger partial charge < -0.3 is 0 Å². The van der Waals surface area contributed by atoms with Gasteiger partial charge in [0.05, 0.1) is 0 Å². The van der Waals surface area contributed by atoms with Gasteiger partial charge in [-0.3, -0.25) is 0 Å². The summed E-state index contributed by atoms with van der Waals surface area (Å²) in [7, 11) is 0. The summed E-state index contributed by atoms with van der Waals surface area (Å²) in [6.45, 7) is 0. The Balaban J connectivity index is 2.86. The first-order valence-corrected chi connectivity index (χ1v) is 2.59. The predicted molar refractivity (Wildman–Crippen MR) is 22.0 cm³/mol. The molecule has 1 aliphatic rings. The van der Waals surface area contributed by atoms with Crippen molar-refractivity contribution in [3.63, 3.8) is 0 Å². The van der Waals surface area contributed by atoms with Crippen LogP contribution in [0, 0.1) is 0 Å². The van der Waals surface area contributed by atoms with Crippen LogP contribution >= 0.6 is 0 Å². The Hall–Kier alpha value is -0.102. The molecule has 0 unspecified atom stereocenters. The molecule has 0 spiro atoms. The van der Waals surface area contributed by atoms with Crippen LogP contribution in [0.25, 0.3) is 0 Å². The van der Waals surface area contributed by atoms with E-state index < -0.39 is 0 Å². The molecule has 0 amide bonds. The topological polar surface area (TPSA) is 24.7 Å². The van der Waals surface area contributed by atoms with Gasteiger partial charge in [-0.1, -0.05) is 0 Å². The van der Waals surface area contributed by atoms with Crippen molar-refractivity contribution in [1.82, 2.24) is 0 Å². The van der Waals surface area contributed by atoms with Crippen molar-refractivity contribution < 1.29 is 19.4 Å². The van der Waals surface area contributed by atoms with Gasteiger partial charge >= 0.3 is 45.9 Å². The van der Waals surface area contributed by atoms with Gasteiger partial charge in [-0.05, 0) is 0 Å². The quantitative estimate of drug-likeness (QED) is 0.576. The van der Waals surface area contributed by atoms with Crippen molar-refractivity contribution in [2.45, 2.75) is 0 Å². The number of nitrogens with zero attached hydrogens (tertiary/aromatic N) is 2. The minimum absolute atomic E-state index is 0.815. The van der Waals surface area contributed by atoms with E-state index in [1.54, 1.807) is 12.4 Å². The predicted octanol–water partition coefficient (Wildman–Crippen LogP) is -0.224. The normalized spacial score (nSPS) is 17.3. The third-order valence-electron chi connectivity index (χ3n) is 0.413. The van der Waals surface area contributed by atoms with Crippen molar-refractivity contribution in [2.24, 2.45) is 9.98 Å². The van der Waals surface area contributed by atoms with Gasteiger partial charge in [0.1, 0.15) is 0 Å². The summed E-state index contributed by atoms with van der Waals surface area (Å²) >= 11 is 2.04. The molecule has 0 radical (unpaired) electrons. The van der Waals surface area contributed by atoms with Crippen molar-refractivity contribution in [3.05, 3.63) is 0 Å². The molecule has 34 valence electrons. The van der Waals surface area contributed by atoms with Gasteiger partial charge in [0.25, 0.3) is 0 Å². The second-order valence-corrected chi connectivity index (χ2v) is 1.81. The van der Waals surface area contributed by atoms with E-state index in [1.165, 1.54) is 0 Å². The molecule has 0 aromatic rings. The molecule has 0 bridgehead atoms. The van der Waals surface area contributed by atoms with Crippen LogP contribution in [0.2, 0.25) is 0 Å². The molecule has 6 heavy (non-hydrogen) atoms. The molecular formula is C3H2N2Pt. The van der Waals surface area contributed by atoms with Crippen molar-refractivity contribution in [3.8, 4) is 0 Å². The standard InChI is InChI=1S/C3H2N2.Pt/c1-2-5-3-4-1;/h1-2H;. The molecular weight excluding hydrogens is 259 g/mol. The van der Waals surface area contributed by atoms with E-state index in [9.17, 15) is 0 Å². The average Bonchev–Trinajstić information content (AvgIpc) is 1.86. The van der Waals surface area contributed by atoms with E-state index in [-0.39, 0.29) is 0 Å². The van der Waals surface area contributed by atoms with Crippen LogP contribution in [0.3, 0.4) is 0 Å². The summed E-state index contributed by atoms with van der Waals surface area (Å²) in [6, 6.07) is 0. The van der Waals surface area contributed by atoms with Crippen LogP contribution in [0.5, 0.6) is 0 Å². The first-order valence-electron chi connectivity index (χ1n) is 1.46. The Bertz CT molecular complexity index is 111. The van der Waals surface area contributed by atoms with Crippen LogP contribution in [0.1, 0.15) is 0 Å². The third kappa shape index (κ3) is 0.688. The first kappa shape index (κ1) is 4.07. The van der Waals surface area contributed by atoms with Gasteiger partial charge in [0, 0.05) is 0 Å². The average molecular weight is 261 g/mol. The second kappa shape index (κ2) is 1.56. The maximum atomic E-state index is 3.79. The summed E-state index contributed by atoms with van der Waals surface area (Å²) in [4.78, 5) is 7.59. The monoisotopic (exact) mass is 261 g/mol. The molecule has 2 nitrogen and oxygen atoms in total.